The molecule has 1 fully saturated rings. The Morgan fingerprint density at radius 1 is 1.17 bits per heavy atom. The van der Waals surface area contributed by atoms with E-state index in [0.717, 1.165) is 25.9 Å². The molecule has 0 aromatic carbocycles. The zero-order valence-electron chi connectivity index (χ0n) is 14.4. The number of aromatic nitrogens is 3. The van der Waals surface area contributed by atoms with Gasteiger partial charge >= 0.3 is 0 Å². The lowest BCUT2D eigenvalue weighted by molar-refractivity contribution is 0.0726. The highest BCUT2D eigenvalue weighted by molar-refractivity contribution is 5.92. The zero-order chi connectivity index (χ0) is 17.1. The van der Waals surface area contributed by atoms with Crippen LogP contribution in [0.1, 0.15) is 47.2 Å². The van der Waals surface area contributed by atoms with Crippen molar-refractivity contribution in [3.63, 3.8) is 0 Å². The van der Waals surface area contributed by atoms with Crippen molar-refractivity contribution < 1.29 is 13.7 Å². The van der Waals surface area contributed by atoms with Gasteiger partial charge in [0.15, 0.2) is 11.7 Å². The van der Waals surface area contributed by atoms with Gasteiger partial charge in [-0.15, -0.1) is 0 Å². The van der Waals surface area contributed by atoms with Gasteiger partial charge in [0.25, 0.3) is 5.91 Å². The summed E-state index contributed by atoms with van der Waals surface area (Å²) in [6.45, 7) is 9.21. The van der Waals surface area contributed by atoms with Gasteiger partial charge in [0.1, 0.15) is 0 Å². The van der Waals surface area contributed by atoms with Gasteiger partial charge in [-0.1, -0.05) is 12.1 Å². The Bertz CT molecular complexity index is 708. The number of rotatable bonds is 4. The molecule has 130 valence electrons. The average molecular weight is 333 g/mol. The number of carbonyl (C=O) groups excluding carboxylic acids is 1. The van der Waals surface area contributed by atoms with Crippen LogP contribution in [0.15, 0.2) is 8.94 Å². The molecule has 1 saturated heterocycles. The third-order valence-electron chi connectivity index (χ3n) is 4.15. The first-order chi connectivity index (χ1) is 11.6. The number of hydrogen-bond donors (Lipinski definition) is 0. The summed E-state index contributed by atoms with van der Waals surface area (Å²) < 4.78 is 10.6. The first-order valence-electron chi connectivity index (χ1n) is 8.34. The van der Waals surface area contributed by atoms with E-state index in [1.54, 1.807) is 13.8 Å². The second kappa shape index (κ2) is 7.12. The van der Waals surface area contributed by atoms with E-state index >= 15 is 0 Å². The summed E-state index contributed by atoms with van der Waals surface area (Å²) in [7, 11) is 0. The first-order valence-corrected chi connectivity index (χ1v) is 8.34. The number of carbonyl (C=O) groups is 1. The van der Waals surface area contributed by atoms with Gasteiger partial charge in [0.05, 0.1) is 12.2 Å². The highest BCUT2D eigenvalue weighted by Gasteiger charge is 2.25. The van der Waals surface area contributed by atoms with E-state index in [2.05, 4.69) is 20.0 Å². The lowest BCUT2D eigenvalue weighted by Crippen LogP contribution is -2.35. The predicted octanol–water partition coefficient (Wildman–Crippen LogP) is 1.58. The number of amides is 1. The second-order valence-electron chi connectivity index (χ2n) is 6.03. The quantitative estimate of drug-likeness (QED) is 0.839. The van der Waals surface area contributed by atoms with E-state index < -0.39 is 0 Å². The maximum atomic E-state index is 12.6. The fraction of sp³-hybridized carbons (Fsp3) is 0.625. The molecule has 0 unspecified atom stereocenters. The van der Waals surface area contributed by atoms with E-state index in [-0.39, 0.29) is 5.91 Å². The van der Waals surface area contributed by atoms with Crippen LogP contribution in [-0.4, -0.2) is 57.0 Å². The lowest BCUT2D eigenvalue weighted by atomic mass is 10.3. The highest BCUT2D eigenvalue weighted by Crippen LogP contribution is 2.15. The summed E-state index contributed by atoms with van der Waals surface area (Å²) >= 11 is 0. The van der Waals surface area contributed by atoms with Crippen LogP contribution in [0.3, 0.4) is 0 Å². The van der Waals surface area contributed by atoms with Crippen molar-refractivity contribution in [1.82, 2.24) is 24.9 Å². The summed E-state index contributed by atoms with van der Waals surface area (Å²) in [4.78, 5) is 25.2. The van der Waals surface area contributed by atoms with E-state index in [4.69, 9.17) is 8.94 Å². The normalized spacial score (nSPS) is 16.4. The van der Waals surface area contributed by atoms with E-state index in [0.29, 0.717) is 48.7 Å². The first kappa shape index (κ1) is 16.6. The van der Waals surface area contributed by atoms with Crippen LogP contribution < -0.4 is 0 Å². The van der Waals surface area contributed by atoms with Crippen LogP contribution in [0.25, 0.3) is 0 Å². The number of hydrogen-bond acceptors (Lipinski definition) is 7. The number of nitrogens with zero attached hydrogens (tertiary/aromatic N) is 5. The highest BCUT2D eigenvalue weighted by atomic mass is 16.5. The fourth-order valence-electron chi connectivity index (χ4n) is 2.90. The number of aryl methyl sites for hydroxylation is 3. The van der Waals surface area contributed by atoms with Crippen LogP contribution in [0.2, 0.25) is 0 Å². The molecular formula is C16H23N5O3. The molecule has 8 nitrogen and oxygen atoms in total. The molecule has 3 rings (SSSR count). The molecular weight excluding hydrogens is 310 g/mol. The summed E-state index contributed by atoms with van der Waals surface area (Å²) in [5, 5.41) is 4.00. The molecule has 2 aromatic heterocycles. The molecule has 0 radical (unpaired) electrons. The summed E-state index contributed by atoms with van der Waals surface area (Å²) in [6.07, 6.45) is 1.64. The molecule has 0 bridgehead atoms. The minimum atomic E-state index is -0.0808. The van der Waals surface area contributed by atoms with Gasteiger partial charge in [-0.3, -0.25) is 9.69 Å². The van der Waals surface area contributed by atoms with Crippen molar-refractivity contribution in [3.8, 4) is 0 Å². The summed E-state index contributed by atoms with van der Waals surface area (Å²) in [5.74, 6) is 2.16. The van der Waals surface area contributed by atoms with Crippen molar-refractivity contribution in [2.75, 3.05) is 26.2 Å². The molecule has 1 amide bonds. The molecule has 0 saturated carbocycles. The SMILES string of the molecule is CCc1nc(CN2CCCN(C(=O)c3oc(C)nc3C)CC2)no1. The molecule has 1 aliphatic heterocycles. The monoisotopic (exact) mass is 333 g/mol. The topological polar surface area (TPSA) is 88.5 Å². The minimum Gasteiger partial charge on any atom is -0.436 e. The van der Waals surface area contributed by atoms with Gasteiger partial charge in [-0.2, -0.15) is 4.98 Å². The Morgan fingerprint density at radius 3 is 2.67 bits per heavy atom. The Labute approximate surface area is 140 Å². The molecule has 0 spiro atoms. The lowest BCUT2D eigenvalue weighted by Gasteiger charge is -2.20. The molecule has 3 heterocycles. The van der Waals surface area contributed by atoms with Crippen LogP contribution in [0.4, 0.5) is 0 Å². The van der Waals surface area contributed by atoms with Crippen LogP contribution >= 0.6 is 0 Å². The molecule has 8 heteroatoms. The van der Waals surface area contributed by atoms with Crippen molar-refractivity contribution in [3.05, 3.63) is 29.1 Å². The average Bonchev–Trinajstić information content (AvgIpc) is 3.06. The second-order valence-corrected chi connectivity index (χ2v) is 6.03. The Morgan fingerprint density at radius 2 is 2.00 bits per heavy atom. The van der Waals surface area contributed by atoms with Crippen molar-refractivity contribution in [1.29, 1.82) is 0 Å². The van der Waals surface area contributed by atoms with Gasteiger partial charge in [0.2, 0.25) is 11.7 Å². The van der Waals surface area contributed by atoms with Crippen LogP contribution in [-0.2, 0) is 13.0 Å². The fourth-order valence-corrected chi connectivity index (χ4v) is 2.90. The maximum absolute atomic E-state index is 12.6. The molecule has 2 aromatic rings. The predicted molar refractivity (Wildman–Crippen MR) is 85.5 cm³/mol. The van der Waals surface area contributed by atoms with Gasteiger partial charge in [-0.05, 0) is 13.3 Å². The zero-order valence-corrected chi connectivity index (χ0v) is 14.4. The Balaban J connectivity index is 1.60. The smallest absolute Gasteiger partial charge is 0.291 e. The van der Waals surface area contributed by atoms with E-state index in [1.165, 1.54) is 0 Å². The summed E-state index contributed by atoms with van der Waals surface area (Å²) in [6, 6.07) is 0. The molecule has 0 N–H and O–H groups in total. The van der Waals surface area contributed by atoms with Crippen molar-refractivity contribution in [2.45, 2.75) is 40.2 Å². The van der Waals surface area contributed by atoms with Crippen molar-refractivity contribution in [2.24, 2.45) is 0 Å². The Kier molecular flexibility index (Phi) is 4.94. The van der Waals surface area contributed by atoms with Crippen LogP contribution in [0, 0.1) is 13.8 Å². The van der Waals surface area contributed by atoms with Crippen molar-refractivity contribution >= 4 is 5.91 Å². The third kappa shape index (κ3) is 3.64. The number of oxazole rings is 1. The molecule has 1 aliphatic rings. The van der Waals surface area contributed by atoms with Gasteiger partial charge in [0, 0.05) is 39.5 Å². The van der Waals surface area contributed by atoms with Gasteiger partial charge in [-0.25, -0.2) is 4.98 Å². The largest absolute Gasteiger partial charge is 0.436 e. The Hall–Kier alpha value is -2.22. The minimum absolute atomic E-state index is 0.0808. The molecule has 0 aliphatic carbocycles. The van der Waals surface area contributed by atoms with E-state index in [1.807, 2.05) is 11.8 Å². The third-order valence-corrected chi connectivity index (χ3v) is 4.15. The van der Waals surface area contributed by atoms with Crippen LogP contribution in [0.5, 0.6) is 0 Å². The molecule has 0 atom stereocenters. The molecule has 24 heavy (non-hydrogen) atoms. The van der Waals surface area contributed by atoms with Gasteiger partial charge < -0.3 is 13.8 Å². The van der Waals surface area contributed by atoms with E-state index in [9.17, 15) is 4.79 Å². The standard InChI is InChI=1S/C16H23N5O3/c1-4-14-18-13(19-24-14)10-20-6-5-7-21(9-8-20)16(22)15-11(2)17-12(3)23-15/h4-10H2,1-3H3. The maximum Gasteiger partial charge on any atom is 0.291 e. The summed E-state index contributed by atoms with van der Waals surface area (Å²) in [5.41, 5.74) is 0.650.